The normalized spacial score (nSPS) is 13.6. The van der Waals surface area contributed by atoms with Gasteiger partial charge in [0.15, 0.2) is 15.1 Å². The van der Waals surface area contributed by atoms with Crippen LogP contribution in [0.1, 0.15) is 39.2 Å². The van der Waals surface area contributed by atoms with Crippen molar-refractivity contribution in [3.05, 3.63) is 29.8 Å². The molecule has 0 N–H and O–H groups in total. The van der Waals surface area contributed by atoms with Crippen molar-refractivity contribution in [3.8, 4) is 6.07 Å². The van der Waals surface area contributed by atoms with Gasteiger partial charge in [-0.3, -0.25) is 0 Å². The van der Waals surface area contributed by atoms with Crippen LogP contribution in [-0.2, 0) is 9.84 Å². The maximum Gasteiger partial charge on any atom is 0.194 e. The van der Waals surface area contributed by atoms with E-state index in [9.17, 15) is 8.42 Å². The summed E-state index contributed by atoms with van der Waals surface area (Å²) in [6.45, 7) is 7.59. The SMILES string of the molecule is CC(C)c1ccc(S(=O)(=O)C(C#N)C(C)C)cc1. The first-order valence-corrected chi connectivity index (χ1v) is 7.58. The molecule has 1 aromatic rings. The highest BCUT2D eigenvalue weighted by Crippen LogP contribution is 2.23. The van der Waals surface area contributed by atoms with E-state index in [4.69, 9.17) is 5.26 Å². The second-order valence-electron chi connectivity index (χ2n) is 5.06. The average molecular weight is 265 g/mol. The molecule has 1 aromatic carbocycles. The van der Waals surface area contributed by atoms with Gasteiger partial charge in [0.05, 0.1) is 11.0 Å². The predicted molar refractivity (Wildman–Crippen MR) is 72.0 cm³/mol. The van der Waals surface area contributed by atoms with Crippen LogP contribution in [0.2, 0.25) is 0 Å². The summed E-state index contributed by atoms with van der Waals surface area (Å²) < 4.78 is 24.5. The van der Waals surface area contributed by atoms with E-state index in [0.717, 1.165) is 5.56 Å². The van der Waals surface area contributed by atoms with Crippen molar-refractivity contribution in [3.63, 3.8) is 0 Å². The summed E-state index contributed by atoms with van der Waals surface area (Å²) in [5, 5.41) is 8.02. The molecule has 1 unspecified atom stereocenters. The van der Waals surface area contributed by atoms with E-state index in [-0.39, 0.29) is 10.8 Å². The van der Waals surface area contributed by atoms with Gasteiger partial charge in [0.1, 0.15) is 0 Å². The Morgan fingerprint density at radius 3 is 1.89 bits per heavy atom. The van der Waals surface area contributed by atoms with Crippen LogP contribution in [0.3, 0.4) is 0 Å². The van der Waals surface area contributed by atoms with E-state index in [1.165, 1.54) is 0 Å². The molecule has 0 heterocycles. The van der Waals surface area contributed by atoms with E-state index >= 15 is 0 Å². The molecule has 0 aromatic heterocycles. The molecular formula is C14H19NO2S. The van der Waals surface area contributed by atoms with Gasteiger partial charge in [0.2, 0.25) is 0 Å². The van der Waals surface area contributed by atoms with Gasteiger partial charge in [-0.2, -0.15) is 5.26 Å². The molecule has 0 radical (unpaired) electrons. The lowest BCUT2D eigenvalue weighted by Gasteiger charge is -2.14. The van der Waals surface area contributed by atoms with Gasteiger partial charge in [0, 0.05) is 0 Å². The van der Waals surface area contributed by atoms with Gasteiger partial charge in [-0.25, -0.2) is 8.42 Å². The Hall–Kier alpha value is -1.34. The molecule has 18 heavy (non-hydrogen) atoms. The van der Waals surface area contributed by atoms with E-state index in [1.807, 2.05) is 18.2 Å². The van der Waals surface area contributed by atoms with Gasteiger partial charge in [-0.05, 0) is 29.5 Å². The molecule has 4 heteroatoms. The van der Waals surface area contributed by atoms with Crippen molar-refractivity contribution >= 4 is 9.84 Å². The molecule has 0 aliphatic heterocycles. The van der Waals surface area contributed by atoms with Crippen molar-refractivity contribution in [2.75, 3.05) is 0 Å². The van der Waals surface area contributed by atoms with Crippen LogP contribution in [-0.4, -0.2) is 13.7 Å². The molecule has 0 aliphatic rings. The fourth-order valence-corrected chi connectivity index (χ4v) is 3.43. The molecule has 0 bridgehead atoms. The zero-order valence-corrected chi connectivity index (χ0v) is 12.0. The Morgan fingerprint density at radius 2 is 1.56 bits per heavy atom. The molecule has 1 rings (SSSR count). The number of sulfone groups is 1. The third-order valence-electron chi connectivity index (χ3n) is 2.94. The smallest absolute Gasteiger partial charge is 0.194 e. The van der Waals surface area contributed by atoms with Crippen LogP contribution in [0.5, 0.6) is 0 Å². The Kier molecular flexibility index (Phi) is 4.53. The Balaban J connectivity index is 3.18. The Bertz CT molecular complexity index is 536. The highest BCUT2D eigenvalue weighted by atomic mass is 32.2. The zero-order chi connectivity index (χ0) is 13.9. The first-order valence-electron chi connectivity index (χ1n) is 6.04. The molecule has 3 nitrogen and oxygen atoms in total. The Labute approximate surface area is 109 Å². The summed E-state index contributed by atoms with van der Waals surface area (Å²) in [5.41, 5.74) is 1.09. The van der Waals surface area contributed by atoms with Gasteiger partial charge in [-0.1, -0.05) is 39.8 Å². The third kappa shape index (κ3) is 2.91. The lowest BCUT2D eigenvalue weighted by Crippen LogP contribution is -2.25. The topological polar surface area (TPSA) is 57.9 Å². The summed E-state index contributed by atoms with van der Waals surface area (Å²) in [6.07, 6.45) is 0. The van der Waals surface area contributed by atoms with Crippen molar-refractivity contribution in [1.82, 2.24) is 0 Å². The molecule has 0 fully saturated rings. The molecule has 0 spiro atoms. The molecule has 0 saturated carbocycles. The van der Waals surface area contributed by atoms with E-state index in [2.05, 4.69) is 13.8 Å². The molecule has 98 valence electrons. The number of hydrogen-bond donors (Lipinski definition) is 0. The summed E-state index contributed by atoms with van der Waals surface area (Å²) >= 11 is 0. The fourth-order valence-electron chi connectivity index (χ4n) is 1.77. The second kappa shape index (κ2) is 5.53. The highest BCUT2D eigenvalue weighted by molar-refractivity contribution is 7.92. The number of nitriles is 1. The van der Waals surface area contributed by atoms with Gasteiger partial charge in [0.25, 0.3) is 0 Å². The summed E-state index contributed by atoms with van der Waals surface area (Å²) in [6, 6.07) is 8.70. The molecule has 0 saturated heterocycles. The lowest BCUT2D eigenvalue weighted by atomic mass is 10.0. The Morgan fingerprint density at radius 1 is 1.06 bits per heavy atom. The lowest BCUT2D eigenvalue weighted by molar-refractivity contribution is 0.563. The average Bonchev–Trinajstić information content (AvgIpc) is 2.29. The zero-order valence-electron chi connectivity index (χ0n) is 11.2. The van der Waals surface area contributed by atoms with Crippen molar-refractivity contribution in [1.29, 1.82) is 5.26 Å². The maximum atomic E-state index is 12.3. The maximum absolute atomic E-state index is 12.3. The minimum atomic E-state index is -3.55. The number of benzene rings is 1. The molecule has 0 amide bonds. The monoisotopic (exact) mass is 265 g/mol. The minimum absolute atomic E-state index is 0.218. The standard InChI is InChI=1S/C14H19NO2S/c1-10(2)12-5-7-13(8-6-12)18(16,17)14(9-15)11(3)4/h5-8,10-11,14H,1-4H3. The van der Waals surface area contributed by atoms with E-state index in [1.54, 1.807) is 26.0 Å². The molecule has 0 aliphatic carbocycles. The number of rotatable bonds is 4. The first kappa shape index (κ1) is 14.7. The van der Waals surface area contributed by atoms with Crippen molar-refractivity contribution < 1.29 is 8.42 Å². The van der Waals surface area contributed by atoms with Gasteiger partial charge in [-0.15, -0.1) is 0 Å². The number of nitrogens with zero attached hydrogens (tertiary/aromatic N) is 1. The number of hydrogen-bond acceptors (Lipinski definition) is 3. The summed E-state index contributed by atoms with van der Waals surface area (Å²) in [5.74, 6) is 0.142. The van der Waals surface area contributed by atoms with Crippen molar-refractivity contribution in [2.24, 2.45) is 5.92 Å². The predicted octanol–water partition coefficient (Wildman–Crippen LogP) is 3.13. The first-order chi connectivity index (χ1) is 8.30. The van der Waals surface area contributed by atoms with E-state index in [0.29, 0.717) is 5.92 Å². The van der Waals surface area contributed by atoms with Crippen LogP contribution < -0.4 is 0 Å². The minimum Gasteiger partial charge on any atom is -0.222 e. The molecule has 1 atom stereocenters. The molecular weight excluding hydrogens is 246 g/mol. The van der Waals surface area contributed by atoms with Crippen molar-refractivity contribution in [2.45, 2.75) is 43.8 Å². The quantitative estimate of drug-likeness (QED) is 0.840. The van der Waals surface area contributed by atoms with Crippen LogP contribution in [0.4, 0.5) is 0 Å². The second-order valence-corrected chi connectivity index (χ2v) is 7.13. The highest BCUT2D eigenvalue weighted by Gasteiger charge is 2.30. The summed E-state index contributed by atoms with van der Waals surface area (Å²) in [7, 11) is -3.55. The third-order valence-corrected chi connectivity index (χ3v) is 5.19. The van der Waals surface area contributed by atoms with Crippen LogP contribution in [0, 0.1) is 17.2 Å². The summed E-state index contributed by atoms with van der Waals surface area (Å²) in [4.78, 5) is 0.229. The fraction of sp³-hybridized carbons (Fsp3) is 0.500. The van der Waals surface area contributed by atoms with Crippen LogP contribution >= 0.6 is 0 Å². The van der Waals surface area contributed by atoms with Gasteiger partial charge < -0.3 is 0 Å². The van der Waals surface area contributed by atoms with Crippen LogP contribution in [0.25, 0.3) is 0 Å². The van der Waals surface area contributed by atoms with E-state index < -0.39 is 15.1 Å². The van der Waals surface area contributed by atoms with Gasteiger partial charge >= 0.3 is 0 Å². The van der Waals surface area contributed by atoms with Crippen LogP contribution in [0.15, 0.2) is 29.2 Å². The largest absolute Gasteiger partial charge is 0.222 e.